The molecule has 2 amide bonds. The van der Waals surface area contributed by atoms with Gasteiger partial charge in [-0.3, -0.25) is 0 Å². The highest BCUT2D eigenvalue weighted by Crippen LogP contribution is 2.08. The van der Waals surface area contributed by atoms with E-state index in [0.29, 0.717) is 0 Å². The van der Waals surface area contributed by atoms with Crippen molar-refractivity contribution in [1.82, 2.24) is 10.6 Å². The van der Waals surface area contributed by atoms with Crippen LogP contribution in [0.25, 0.3) is 0 Å². The fourth-order valence-corrected chi connectivity index (χ4v) is 2.15. The molecular weight excluding hydrogens is 220 g/mol. The van der Waals surface area contributed by atoms with E-state index in [-0.39, 0.29) is 12.1 Å². The monoisotopic (exact) mass is 240 g/mol. The Hall–Kier alpha value is -1.03. The van der Waals surface area contributed by atoms with Crippen LogP contribution in [0.3, 0.4) is 0 Å². The summed E-state index contributed by atoms with van der Waals surface area (Å²) in [4.78, 5) is 11.4. The van der Waals surface area contributed by atoms with E-state index in [4.69, 9.17) is 0 Å². The molecule has 16 heavy (non-hydrogen) atoms. The summed E-state index contributed by atoms with van der Waals surface area (Å²) in [6, 6.07) is 2.21. The maximum Gasteiger partial charge on any atom is 0.315 e. The van der Waals surface area contributed by atoms with Crippen molar-refractivity contribution in [2.24, 2.45) is 0 Å². The first-order chi connectivity index (χ1) is 7.72. The molecule has 0 saturated carbocycles. The lowest BCUT2D eigenvalue weighted by atomic mass is 10.1. The van der Waals surface area contributed by atoms with Crippen LogP contribution >= 0.6 is 11.3 Å². The van der Waals surface area contributed by atoms with Crippen LogP contribution in [0.4, 0.5) is 4.79 Å². The normalized spacial score (nSPS) is 12.1. The van der Waals surface area contributed by atoms with Gasteiger partial charge in [-0.25, -0.2) is 4.79 Å². The third-order valence-electron chi connectivity index (χ3n) is 2.32. The molecule has 0 aliphatic rings. The summed E-state index contributed by atoms with van der Waals surface area (Å²) in [5, 5.41) is 9.96. The summed E-state index contributed by atoms with van der Waals surface area (Å²) in [5.41, 5.74) is 1.28. The molecule has 1 atom stereocenters. The van der Waals surface area contributed by atoms with Crippen molar-refractivity contribution in [2.45, 2.75) is 39.2 Å². The molecule has 1 heterocycles. The van der Waals surface area contributed by atoms with E-state index in [2.05, 4.69) is 34.4 Å². The first kappa shape index (κ1) is 13.0. The first-order valence-corrected chi connectivity index (χ1v) is 6.72. The molecule has 3 nitrogen and oxygen atoms in total. The number of rotatable bonds is 6. The first-order valence-electron chi connectivity index (χ1n) is 5.77. The molecule has 0 saturated heterocycles. The Balaban J connectivity index is 2.18. The highest BCUT2D eigenvalue weighted by atomic mass is 32.1. The third kappa shape index (κ3) is 5.16. The highest BCUT2D eigenvalue weighted by molar-refractivity contribution is 7.07. The summed E-state index contributed by atoms with van der Waals surface area (Å²) in [5.74, 6) is 0. The summed E-state index contributed by atoms with van der Waals surface area (Å²) < 4.78 is 0. The van der Waals surface area contributed by atoms with E-state index in [1.807, 2.05) is 6.92 Å². The van der Waals surface area contributed by atoms with Crippen molar-refractivity contribution in [3.8, 4) is 0 Å². The fraction of sp³-hybridized carbons (Fsp3) is 0.583. The maximum absolute atomic E-state index is 11.4. The van der Waals surface area contributed by atoms with Gasteiger partial charge in [-0.15, -0.1) is 0 Å². The Labute approximate surface area is 101 Å². The number of carbonyl (C=O) groups excluding carboxylic acids is 1. The Morgan fingerprint density at radius 3 is 3.00 bits per heavy atom. The van der Waals surface area contributed by atoms with Gasteiger partial charge in [-0.2, -0.15) is 11.3 Å². The average Bonchev–Trinajstić information content (AvgIpc) is 2.70. The molecule has 4 heteroatoms. The molecule has 0 fully saturated rings. The van der Waals surface area contributed by atoms with Crippen molar-refractivity contribution in [2.75, 3.05) is 6.54 Å². The molecule has 1 aromatic heterocycles. The molecule has 90 valence electrons. The van der Waals surface area contributed by atoms with Crippen LogP contribution in [0, 0.1) is 0 Å². The lowest BCUT2D eigenvalue weighted by Gasteiger charge is -2.13. The molecule has 1 aromatic rings. The van der Waals surface area contributed by atoms with Crippen LogP contribution in [0.1, 0.15) is 32.3 Å². The van der Waals surface area contributed by atoms with Gasteiger partial charge in [0, 0.05) is 12.6 Å². The van der Waals surface area contributed by atoms with Crippen LogP contribution in [-0.4, -0.2) is 18.6 Å². The van der Waals surface area contributed by atoms with Crippen LogP contribution < -0.4 is 10.6 Å². The number of amides is 2. The zero-order chi connectivity index (χ0) is 11.8. The molecule has 0 spiro atoms. The summed E-state index contributed by atoms with van der Waals surface area (Å²) in [7, 11) is 0. The van der Waals surface area contributed by atoms with Gasteiger partial charge in [0.25, 0.3) is 0 Å². The molecule has 1 rings (SSSR count). The molecule has 0 aliphatic carbocycles. The Kier molecular flexibility index (Phi) is 5.93. The molecule has 1 unspecified atom stereocenters. The van der Waals surface area contributed by atoms with Gasteiger partial charge in [0.15, 0.2) is 0 Å². The van der Waals surface area contributed by atoms with E-state index in [1.54, 1.807) is 11.3 Å². The number of nitrogens with one attached hydrogen (secondary N) is 2. The zero-order valence-electron chi connectivity index (χ0n) is 9.95. The number of unbranched alkanes of at least 4 members (excludes halogenated alkanes) is 1. The molecule has 0 aromatic carbocycles. The van der Waals surface area contributed by atoms with E-state index < -0.39 is 0 Å². The number of hydrogen-bond donors (Lipinski definition) is 2. The summed E-state index contributed by atoms with van der Waals surface area (Å²) >= 11 is 1.69. The summed E-state index contributed by atoms with van der Waals surface area (Å²) in [6.07, 6.45) is 3.03. The molecule has 0 aliphatic heterocycles. The average molecular weight is 240 g/mol. The van der Waals surface area contributed by atoms with Crippen molar-refractivity contribution < 1.29 is 4.79 Å². The van der Waals surface area contributed by atoms with Gasteiger partial charge in [0.05, 0.1) is 0 Å². The van der Waals surface area contributed by atoms with Crippen LogP contribution in [0.5, 0.6) is 0 Å². The quantitative estimate of drug-likeness (QED) is 0.738. The minimum atomic E-state index is -0.0591. The van der Waals surface area contributed by atoms with Crippen molar-refractivity contribution in [3.63, 3.8) is 0 Å². The smallest absolute Gasteiger partial charge is 0.315 e. The predicted octanol–water partition coefficient (Wildman–Crippen LogP) is 2.78. The number of carbonyl (C=O) groups is 1. The largest absolute Gasteiger partial charge is 0.338 e. The lowest BCUT2D eigenvalue weighted by Crippen LogP contribution is -2.41. The van der Waals surface area contributed by atoms with Crippen LogP contribution in [0.2, 0.25) is 0 Å². The van der Waals surface area contributed by atoms with Crippen LogP contribution in [0.15, 0.2) is 16.8 Å². The Morgan fingerprint density at radius 1 is 1.56 bits per heavy atom. The van der Waals surface area contributed by atoms with Crippen molar-refractivity contribution in [1.29, 1.82) is 0 Å². The van der Waals surface area contributed by atoms with E-state index >= 15 is 0 Å². The standard InChI is InChI=1S/C12H20N2OS/c1-3-4-6-13-12(15)14-10(2)8-11-5-7-16-9-11/h5,7,9-10H,3-4,6,8H2,1-2H3,(H2,13,14,15). The number of urea groups is 1. The second-order valence-electron chi connectivity index (χ2n) is 3.99. The number of thiophene rings is 1. The van der Waals surface area contributed by atoms with Gasteiger partial charge in [-0.1, -0.05) is 13.3 Å². The topological polar surface area (TPSA) is 41.1 Å². The van der Waals surface area contributed by atoms with Crippen LogP contribution in [-0.2, 0) is 6.42 Å². The Morgan fingerprint density at radius 2 is 2.38 bits per heavy atom. The van der Waals surface area contributed by atoms with Crippen molar-refractivity contribution >= 4 is 17.4 Å². The van der Waals surface area contributed by atoms with Gasteiger partial charge < -0.3 is 10.6 Å². The Bertz CT molecular complexity index is 298. The van der Waals surface area contributed by atoms with Gasteiger partial charge in [-0.05, 0) is 42.2 Å². The predicted molar refractivity (Wildman–Crippen MR) is 68.9 cm³/mol. The molecule has 0 bridgehead atoms. The van der Waals surface area contributed by atoms with Gasteiger partial charge >= 0.3 is 6.03 Å². The highest BCUT2D eigenvalue weighted by Gasteiger charge is 2.07. The second-order valence-corrected chi connectivity index (χ2v) is 4.77. The van der Waals surface area contributed by atoms with Crippen molar-refractivity contribution in [3.05, 3.63) is 22.4 Å². The second kappa shape index (κ2) is 7.28. The molecule has 0 radical (unpaired) electrons. The van der Waals surface area contributed by atoms with Gasteiger partial charge in [0.2, 0.25) is 0 Å². The SMILES string of the molecule is CCCCNC(=O)NC(C)Cc1ccsc1. The minimum Gasteiger partial charge on any atom is -0.338 e. The minimum absolute atomic E-state index is 0.0591. The number of hydrogen-bond acceptors (Lipinski definition) is 2. The lowest BCUT2D eigenvalue weighted by molar-refractivity contribution is 0.237. The maximum atomic E-state index is 11.4. The van der Waals surface area contributed by atoms with E-state index in [0.717, 1.165) is 25.8 Å². The molecule has 2 N–H and O–H groups in total. The van der Waals surface area contributed by atoms with E-state index in [9.17, 15) is 4.79 Å². The van der Waals surface area contributed by atoms with E-state index in [1.165, 1.54) is 5.56 Å². The fourth-order valence-electron chi connectivity index (χ4n) is 1.47. The third-order valence-corrected chi connectivity index (χ3v) is 3.05. The molecular formula is C12H20N2OS. The van der Waals surface area contributed by atoms with Gasteiger partial charge in [0.1, 0.15) is 0 Å². The zero-order valence-corrected chi connectivity index (χ0v) is 10.8. The summed E-state index contributed by atoms with van der Waals surface area (Å²) in [6.45, 7) is 4.89.